The van der Waals surface area contributed by atoms with Crippen molar-refractivity contribution in [2.24, 2.45) is 0 Å². The number of urea groups is 1. The second-order valence-corrected chi connectivity index (χ2v) is 7.09. The first-order valence-electron chi connectivity index (χ1n) is 9.38. The van der Waals surface area contributed by atoms with Gasteiger partial charge in [0.15, 0.2) is 5.82 Å². The fourth-order valence-corrected chi connectivity index (χ4v) is 3.77. The minimum atomic E-state index is -0.338. The Morgan fingerprint density at radius 1 is 1.29 bits per heavy atom. The first-order chi connectivity index (χ1) is 13.5. The van der Waals surface area contributed by atoms with Crippen molar-refractivity contribution < 1.29 is 9.18 Å². The van der Waals surface area contributed by atoms with E-state index in [0.717, 1.165) is 11.3 Å². The van der Waals surface area contributed by atoms with Crippen LogP contribution in [0.1, 0.15) is 25.6 Å². The third-order valence-electron chi connectivity index (χ3n) is 5.22. The molecule has 2 amide bonds. The van der Waals surface area contributed by atoms with E-state index in [1.54, 1.807) is 23.4 Å². The van der Waals surface area contributed by atoms with Crippen LogP contribution < -0.4 is 10.2 Å². The van der Waals surface area contributed by atoms with Gasteiger partial charge in [-0.2, -0.15) is 0 Å². The maximum atomic E-state index is 14.0. The molecular formula is C20H23FN6O. The number of carbonyl (C=O) groups is 1. The molecule has 0 bridgehead atoms. The number of anilines is 1. The van der Waals surface area contributed by atoms with E-state index in [-0.39, 0.29) is 23.9 Å². The first kappa shape index (κ1) is 18.2. The van der Waals surface area contributed by atoms with Crippen molar-refractivity contribution in [2.45, 2.75) is 25.9 Å². The summed E-state index contributed by atoms with van der Waals surface area (Å²) in [5.41, 5.74) is 2.34. The lowest BCUT2D eigenvalue weighted by molar-refractivity contribution is 0.168. The molecule has 3 aromatic rings. The number of hydrogen-bond donors (Lipinski definition) is 1. The van der Waals surface area contributed by atoms with E-state index >= 15 is 0 Å². The molecule has 1 fully saturated rings. The predicted octanol–water partition coefficient (Wildman–Crippen LogP) is 2.85. The number of carbonyl (C=O) groups excluding carboxylic acids is 1. The molecule has 8 heteroatoms. The zero-order valence-corrected chi connectivity index (χ0v) is 15.9. The highest BCUT2D eigenvalue weighted by atomic mass is 19.1. The van der Waals surface area contributed by atoms with E-state index in [9.17, 15) is 9.18 Å². The Hall–Kier alpha value is -3.16. The molecule has 4 heterocycles. The zero-order valence-electron chi connectivity index (χ0n) is 15.9. The van der Waals surface area contributed by atoms with Crippen LogP contribution in [0.3, 0.4) is 0 Å². The minimum Gasteiger partial charge on any atom is -0.365 e. The molecule has 1 aliphatic heterocycles. The molecule has 1 unspecified atom stereocenters. The van der Waals surface area contributed by atoms with E-state index in [1.807, 2.05) is 47.5 Å². The Balaban J connectivity index is 1.43. The Morgan fingerprint density at radius 3 is 2.93 bits per heavy atom. The van der Waals surface area contributed by atoms with Crippen LogP contribution >= 0.6 is 0 Å². The molecule has 4 rings (SSSR count). The number of hydrogen-bond acceptors (Lipinski definition) is 4. The van der Waals surface area contributed by atoms with Crippen LogP contribution in [0.4, 0.5) is 14.9 Å². The highest BCUT2D eigenvalue weighted by molar-refractivity contribution is 5.75. The van der Waals surface area contributed by atoms with Crippen molar-refractivity contribution in [3.8, 4) is 0 Å². The molecule has 0 aromatic carbocycles. The fraction of sp³-hybridized carbons (Fsp3) is 0.350. The monoisotopic (exact) mass is 382 g/mol. The fourth-order valence-electron chi connectivity index (χ4n) is 3.77. The third kappa shape index (κ3) is 3.37. The second-order valence-electron chi connectivity index (χ2n) is 7.09. The molecular weight excluding hydrogens is 359 g/mol. The normalized spacial score (nSPS) is 18.3. The summed E-state index contributed by atoms with van der Waals surface area (Å²) in [5.74, 6) is -0.338. The number of nitrogens with one attached hydrogen (secondary N) is 1. The number of aromatic nitrogens is 3. The highest BCUT2D eigenvalue weighted by Gasteiger charge is 2.29. The number of halogens is 1. The van der Waals surface area contributed by atoms with E-state index in [1.165, 1.54) is 6.20 Å². The van der Waals surface area contributed by atoms with Crippen molar-refractivity contribution in [2.75, 3.05) is 24.5 Å². The summed E-state index contributed by atoms with van der Waals surface area (Å²) in [6, 6.07) is 7.18. The Morgan fingerprint density at radius 2 is 2.14 bits per heavy atom. The van der Waals surface area contributed by atoms with Gasteiger partial charge in [0, 0.05) is 50.0 Å². The molecule has 7 nitrogen and oxygen atoms in total. The molecule has 1 aliphatic rings. The van der Waals surface area contributed by atoms with Crippen molar-refractivity contribution >= 4 is 17.4 Å². The van der Waals surface area contributed by atoms with E-state index < -0.39 is 0 Å². The van der Waals surface area contributed by atoms with Gasteiger partial charge < -0.3 is 19.5 Å². The van der Waals surface area contributed by atoms with Crippen LogP contribution in [0.15, 0.2) is 49.1 Å². The minimum absolute atomic E-state index is 0.0439. The molecule has 146 valence electrons. The van der Waals surface area contributed by atoms with E-state index in [2.05, 4.69) is 15.3 Å². The van der Waals surface area contributed by atoms with Crippen molar-refractivity contribution in [1.82, 2.24) is 24.6 Å². The summed E-state index contributed by atoms with van der Waals surface area (Å²) < 4.78 is 16.0. The van der Waals surface area contributed by atoms with Gasteiger partial charge in [-0.25, -0.2) is 14.2 Å². The van der Waals surface area contributed by atoms with Gasteiger partial charge in [-0.05, 0) is 32.0 Å². The van der Waals surface area contributed by atoms with Gasteiger partial charge in [-0.3, -0.25) is 4.98 Å². The lowest BCUT2D eigenvalue weighted by Crippen LogP contribution is -2.57. The number of fused-ring (bicyclic) bond motifs is 1. The predicted molar refractivity (Wildman–Crippen MR) is 105 cm³/mol. The Bertz CT molecular complexity index is 989. The summed E-state index contributed by atoms with van der Waals surface area (Å²) in [5, 5.41) is 3.08. The number of nitrogens with zero attached hydrogens (tertiary/aromatic N) is 5. The van der Waals surface area contributed by atoms with Crippen LogP contribution in [0, 0.1) is 5.82 Å². The summed E-state index contributed by atoms with van der Waals surface area (Å²) in [4.78, 5) is 24.7. The van der Waals surface area contributed by atoms with Crippen LogP contribution in [-0.4, -0.2) is 51.0 Å². The SMILES string of the molecule is CC(NC(=O)N1CCN(c2ccncc2F)C[C@H]1C)c1cccc2nccn12. The summed E-state index contributed by atoms with van der Waals surface area (Å²) in [6.07, 6.45) is 6.43. The van der Waals surface area contributed by atoms with E-state index in [4.69, 9.17) is 0 Å². The van der Waals surface area contributed by atoms with Gasteiger partial charge >= 0.3 is 6.03 Å². The van der Waals surface area contributed by atoms with E-state index in [0.29, 0.717) is 25.3 Å². The number of rotatable bonds is 3. The smallest absolute Gasteiger partial charge is 0.318 e. The topological polar surface area (TPSA) is 65.8 Å². The Kier molecular flexibility index (Phi) is 4.85. The zero-order chi connectivity index (χ0) is 19.7. The van der Waals surface area contributed by atoms with Crippen molar-refractivity contribution in [1.29, 1.82) is 0 Å². The number of amides is 2. The quantitative estimate of drug-likeness (QED) is 0.757. The summed E-state index contributed by atoms with van der Waals surface area (Å²) in [6.45, 7) is 5.60. The maximum Gasteiger partial charge on any atom is 0.318 e. The lowest BCUT2D eigenvalue weighted by Gasteiger charge is -2.41. The van der Waals surface area contributed by atoms with Gasteiger partial charge in [0.1, 0.15) is 5.65 Å². The average Bonchev–Trinajstić information content (AvgIpc) is 3.17. The maximum absolute atomic E-state index is 14.0. The van der Waals surface area contributed by atoms with Crippen LogP contribution in [0.25, 0.3) is 5.65 Å². The van der Waals surface area contributed by atoms with Crippen molar-refractivity contribution in [3.63, 3.8) is 0 Å². The van der Waals surface area contributed by atoms with Gasteiger partial charge in [0.25, 0.3) is 0 Å². The van der Waals surface area contributed by atoms with Gasteiger partial charge in [0.05, 0.1) is 17.9 Å². The first-order valence-corrected chi connectivity index (χ1v) is 9.38. The average molecular weight is 382 g/mol. The van der Waals surface area contributed by atoms with Crippen LogP contribution in [0.5, 0.6) is 0 Å². The number of piperazine rings is 1. The van der Waals surface area contributed by atoms with Crippen LogP contribution in [-0.2, 0) is 0 Å². The lowest BCUT2D eigenvalue weighted by atomic mass is 10.1. The second kappa shape index (κ2) is 7.46. The third-order valence-corrected chi connectivity index (χ3v) is 5.22. The molecule has 0 radical (unpaired) electrons. The molecule has 28 heavy (non-hydrogen) atoms. The molecule has 3 aromatic heterocycles. The van der Waals surface area contributed by atoms with Gasteiger partial charge in [0.2, 0.25) is 0 Å². The highest BCUT2D eigenvalue weighted by Crippen LogP contribution is 2.22. The molecule has 0 saturated carbocycles. The molecule has 1 saturated heterocycles. The standard InChI is InChI=1S/C20H23FN6O/c1-14-13-25(18-6-7-22-12-16(18)21)10-11-26(14)20(28)24-15(2)17-4-3-5-19-23-8-9-27(17)19/h3-9,12,14-15H,10-11,13H2,1-2H3,(H,24,28)/t14-,15?/m1/s1. The van der Waals surface area contributed by atoms with Gasteiger partial charge in [-0.15, -0.1) is 0 Å². The molecule has 0 spiro atoms. The molecule has 0 aliphatic carbocycles. The van der Waals surface area contributed by atoms with Crippen molar-refractivity contribution in [3.05, 3.63) is 60.6 Å². The summed E-state index contributed by atoms with van der Waals surface area (Å²) in [7, 11) is 0. The number of imidazole rings is 1. The molecule has 1 N–H and O–H groups in total. The summed E-state index contributed by atoms with van der Waals surface area (Å²) >= 11 is 0. The van der Waals surface area contributed by atoms with Gasteiger partial charge in [-0.1, -0.05) is 6.07 Å². The molecule has 2 atom stereocenters. The Labute approximate surface area is 162 Å². The largest absolute Gasteiger partial charge is 0.365 e. The van der Waals surface area contributed by atoms with Crippen LogP contribution in [0.2, 0.25) is 0 Å². The number of pyridine rings is 2.